The van der Waals surface area contributed by atoms with Crippen LogP contribution < -0.4 is 25.4 Å². The van der Waals surface area contributed by atoms with Gasteiger partial charge in [0.25, 0.3) is 5.91 Å². The van der Waals surface area contributed by atoms with Crippen LogP contribution in [0.3, 0.4) is 0 Å². The minimum Gasteiger partial charge on any atom is -0.497 e. The van der Waals surface area contributed by atoms with Gasteiger partial charge >= 0.3 is 6.03 Å². The van der Waals surface area contributed by atoms with E-state index < -0.39 is 17.9 Å². The van der Waals surface area contributed by atoms with Gasteiger partial charge in [-0.15, -0.1) is 0 Å². The molecule has 2 saturated heterocycles. The maximum absolute atomic E-state index is 15.1. The van der Waals surface area contributed by atoms with E-state index in [4.69, 9.17) is 67.4 Å². The number of ether oxygens (including phenoxy) is 6. The van der Waals surface area contributed by atoms with Crippen molar-refractivity contribution in [3.63, 3.8) is 0 Å². The largest absolute Gasteiger partial charge is 0.497 e. The molecule has 10 rings (SSSR count). The lowest BCUT2D eigenvalue weighted by atomic mass is 9.93. The van der Waals surface area contributed by atoms with Gasteiger partial charge in [-0.3, -0.25) is 29.0 Å². The van der Waals surface area contributed by atoms with Crippen molar-refractivity contribution in [1.82, 2.24) is 39.7 Å². The zero-order valence-electron chi connectivity index (χ0n) is 50.8. The van der Waals surface area contributed by atoms with Crippen LogP contribution in [0.5, 0.6) is 11.5 Å². The number of carbonyl (C=O) groups is 4. The number of pyridine rings is 1. The number of hydrogen-bond acceptors (Lipinski definition) is 15. The van der Waals surface area contributed by atoms with E-state index in [2.05, 4.69) is 15.2 Å². The molecule has 89 heavy (non-hydrogen) atoms. The molecule has 0 spiro atoms. The Bertz CT molecular complexity index is 3520. The summed E-state index contributed by atoms with van der Waals surface area (Å²) in [4.78, 5) is 74.2. The average molecular weight is 1260 g/mol. The van der Waals surface area contributed by atoms with Crippen LogP contribution in [-0.2, 0) is 41.6 Å². The van der Waals surface area contributed by atoms with E-state index >= 15 is 4.79 Å². The van der Waals surface area contributed by atoms with Crippen molar-refractivity contribution in [1.29, 1.82) is 0 Å². The Kier molecular flexibility index (Phi) is 21.4. The number of aliphatic imine (C=N–C) groups is 1. The van der Waals surface area contributed by atoms with Crippen LogP contribution in [0.25, 0.3) is 11.1 Å². The monoisotopic (exact) mass is 1260 g/mol. The molecule has 24 heteroatoms. The molecule has 4 aliphatic heterocycles. The molecule has 0 unspecified atom stereocenters. The molecule has 2 fully saturated rings. The van der Waals surface area contributed by atoms with E-state index in [0.717, 1.165) is 46.5 Å². The highest BCUT2D eigenvalue weighted by Crippen LogP contribution is 2.47. The summed E-state index contributed by atoms with van der Waals surface area (Å²) < 4.78 is 51.3. The molecule has 21 nitrogen and oxygen atoms in total. The minimum absolute atomic E-state index is 0.139. The second kappa shape index (κ2) is 29.6. The number of amides is 5. The number of urea groups is 1. The summed E-state index contributed by atoms with van der Waals surface area (Å²) in [5.74, 6) is 0.796. The average Bonchev–Trinajstić information content (AvgIpc) is 1.68. The first kappa shape index (κ1) is 64.1. The van der Waals surface area contributed by atoms with Gasteiger partial charge < -0.3 is 59.1 Å². The molecular formula is C65H76Cl2FN11O10. The van der Waals surface area contributed by atoms with Crippen molar-refractivity contribution < 1.29 is 52.0 Å². The van der Waals surface area contributed by atoms with Gasteiger partial charge in [0.1, 0.15) is 41.6 Å². The van der Waals surface area contributed by atoms with Gasteiger partial charge in [-0.25, -0.2) is 14.2 Å². The molecule has 6 heterocycles. The normalized spacial score (nSPS) is 17.5. The number of hydrogen-bond donors (Lipinski definition) is 2. The van der Waals surface area contributed by atoms with Gasteiger partial charge in [0, 0.05) is 90.9 Å². The number of methoxy groups -OCH3 is 1. The van der Waals surface area contributed by atoms with E-state index in [1.165, 1.54) is 12.1 Å². The third kappa shape index (κ3) is 15.2. The van der Waals surface area contributed by atoms with Gasteiger partial charge in [-0.05, 0) is 111 Å². The van der Waals surface area contributed by atoms with Crippen LogP contribution in [0.2, 0.25) is 10.0 Å². The number of carbonyl (C=O) groups excluding carboxylic acids is 4. The topological polar surface area (TPSA) is 221 Å². The van der Waals surface area contributed by atoms with Crippen molar-refractivity contribution in [2.24, 2.45) is 4.99 Å². The highest BCUT2D eigenvalue weighted by Gasteiger charge is 2.46. The first-order valence-corrected chi connectivity index (χ1v) is 30.8. The molecule has 2 aromatic heterocycles. The van der Waals surface area contributed by atoms with Crippen molar-refractivity contribution >= 4 is 64.3 Å². The minimum atomic E-state index is -0.620. The summed E-state index contributed by atoms with van der Waals surface area (Å²) >= 11 is 12.7. The molecule has 4 aliphatic rings. The summed E-state index contributed by atoms with van der Waals surface area (Å²) in [5, 5.41) is 9.00. The number of aromatic nitrogens is 3. The fraction of sp³-hybridized carbons (Fsp3) is 0.431. The number of rotatable bonds is 24. The van der Waals surface area contributed by atoms with Crippen LogP contribution in [0, 0.1) is 12.7 Å². The summed E-state index contributed by atoms with van der Waals surface area (Å²) in [7, 11) is 3.30. The lowest BCUT2D eigenvalue weighted by molar-refractivity contribution is -0.135. The quantitative estimate of drug-likeness (QED) is 0.0540. The van der Waals surface area contributed by atoms with E-state index in [0.29, 0.717) is 128 Å². The third-order valence-corrected chi connectivity index (χ3v) is 16.7. The Balaban J connectivity index is 0.624. The van der Waals surface area contributed by atoms with Crippen molar-refractivity contribution in [3.8, 4) is 22.6 Å². The predicted molar refractivity (Wildman–Crippen MR) is 336 cm³/mol. The zero-order chi connectivity index (χ0) is 62.7. The first-order valence-electron chi connectivity index (χ1n) is 30.1. The number of anilines is 2. The van der Waals surface area contributed by atoms with Crippen molar-refractivity contribution in [2.45, 2.75) is 77.4 Å². The standard InChI is InChI=1S/C65H76Cl2FN11O10/c1-41(2)89-56-37-49(84-5)17-19-51(56)63-72-60(43-8-12-46(66)13-9-43)61(44-10-14-47(67)15-11-44)79(63)65(83)76-25-24-75(58(81)40-76)26-28-86-30-32-88-34-33-87-31-29-85-27-20-57(80)70-21-23-78-42(3)59-45-35-55(62(69)71-38-45)77-22-6-7-54(77)52-36-48(68)16-18-50(52)64(82)74(4)39-53(59)73-78/h8-19,35-38,41,54,60-61H,6-7,20-34,39-40H2,1-5H3,(H2,69,71)(H,70,80)/t54-,60+,61-/m1/s1. The van der Waals surface area contributed by atoms with Crippen molar-refractivity contribution in [2.75, 3.05) is 117 Å². The second-order valence-corrected chi connectivity index (χ2v) is 23.4. The Hall–Kier alpha value is -7.86. The number of fused-ring (bicyclic) bond motifs is 8. The number of nitrogens with two attached hydrogens (primary N) is 1. The van der Waals surface area contributed by atoms with Crippen molar-refractivity contribution in [3.05, 3.63) is 152 Å². The number of nitrogens with zero attached hydrogens (tertiary/aromatic N) is 9. The third-order valence-electron chi connectivity index (χ3n) is 16.2. The predicted octanol–water partition coefficient (Wildman–Crippen LogP) is 9.09. The molecule has 5 amide bonds. The Labute approximate surface area is 527 Å². The highest BCUT2D eigenvalue weighted by molar-refractivity contribution is 6.30. The summed E-state index contributed by atoms with van der Waals surface area (Å²) in [6, 6.07) is 24.7. The summed E-state index contributed by atoms with van der Waals surface area (Å²) in [5.41, 5.74) is 13.6. The number of halogens is 3. The molecule has 0 saturated carbocycles. The van der Waals surface area contributed by atoms with Gasteiger partial charge in [0.05, 0.1) is 108 Å². The number of amidine groups is 1. The van der Waals surface area contributed by atoms with E-state index in [1.54, 1.807) is 82.4 Å². The van der Waals surface area contributed by atoms with E-state index in [1.807, 2.05) is 61.9 Å². The molecule has 0 aliphatic carbocycles. The van der Waals surface area contributed by atoms with E-state index in [9.17, 15) is 18.8 Å². The van der Waals surface area contributed by atoms with Gasteiger partial charge in [-0.2, -0.15) is 5.10 Å². The van der Waals surface area contributed by atoms with Crippen LogP contribution in [-0.4, -0.2) is 176 Å². The van der Waals surface area contributed by atoms with Crippen LogP contribution in [0.1, 0.15) is 95.2 Å². The Morgan fingerprint density at radius 2 is 1.47 bits per heavy atom. The van der Waals surface area contributed by atoms with E-state index in [-0.39, 0.29) is 75.2 Å². The molecular weight excluding hydrogens is 1180 g/mol. The molecule has 3 N–H and O–H groups in total. The Morgan fingerprint density at radius 3 is 2.16 bits per heavy atom. The fourth-order valence-corrected chi connectivity index (χ4v) is 12.1. The second-order valence-electron chi connectivity index (χ2n) is 22.5. The smallest absolute Gasteiger partial charge is 0.326 e. The van der Waals surface area contributed by atoms with Gasteiger partial charge in [0.15, 0.2) is 0 Å². The molecule has 4 aromatic carbocycles. The van der Waals surface area contributed by atoms with Crippen LogP contribution in [0.4, 0.5) is 20.7 Å². The van der Waals surface area contributed by atoms with Crippen LogP contribution in [0.15, 0.2) is 102 Å². The number of nitrogens with one attached hydrogen (secondary N) is 1. The molecule has 3 atom stereocenters. The summed E-state index contributed by atoms with van der Waals surface area (Å²) in [6.45, 7) is 10.6. The molecule has 472 valence electrons. The molecule has 2 bridgehead atoms. The maximum atomic E-state index is 15.1. The van der Waals surface area contributed by atoms with Crippen LogP contribution >= 0.6 is 23.2 Å². The number of piperazine rings is 1. The first-order chi connectivity index (χ1) is 43.1. The molecule has 6 aromatic rings. The Morgan fingerprint density at radius 1 is 0.798 bits per heavy atom. The summed E-state index contributed by atoms with van der Waals surface area (Å²) in [6.07, 6.45) is 3.26. The zero-order valence-corrected chi connectivity index (χ0v) is 52.3. The molecule has 0 radical (unpaired) electrons. The lowest BCUT2D eigenvalue weighted by Crippen LogP contribution is -2.56. The van der Waals surface area contributed by atoms with Gasteiger partial charge in [-0.1, -0.05) is 47.5 Å². The highest BCUT2D eigenvalue weighted by atomic mass is 35.5. The van der Waals surface area contributed by atoms with Gasteiger partial charge in [0.2, 0.25) is 11.8 Å². The lowest BCUT2D eigenvalue weighted by Gasteiger charge is -2.38. The number of benzene rings is 4. The fourth-order valence-electron chi connectivity index (χ4n) is 11.8. The SMILES string of the molecule is COc1ccc(C2=N[C@@H](c3ccc(Cl)cc3)[C@@H](c3ccc(Cl)cc3)N2C(=O)N2CCN(CCOCCOCCOCCOCCC(=O)NCCn3nc4c(c3C)-c3cnc(N)c(c3)N3CCC[C@@H]3c3cc(F)ccc3C(=O)N(C)C4)C(=O)C2)c(OC(C)C)c1. The number of nitrogen functional groups attached to an aromatic ring is 1. The maximum Gasteiger partial charge on any atom is 0.326 e.